The van der Waals surface area contributed by atoms with Gasteiger partial charge in [-0.05, 0) is 25.7 Å². The molecule has 2 aliphatic heterocycles. The topological polar surface area (TPSA) is 53.7 Å². The number of rotatable bonds is 3. The lowest BCUT2D eigenvalue weighted by Gasteiger charge is -2.36. The van der Waals surface area contributed by atoms with Crippen molar-refractivity contribution < 1.29 is 13.6 Å². The molecular weight excluding hydrogens is 352 g/mol. The number of halogens is 2. The first-order valence-corrected chi connectivity index (χ1v) is 9.63. The molecule has 0 bridgehead atoms. The third-order valence-electron chi connectivity index (χ3n) is 5.72. The van der Waals surface area contributed by atoms with Gasteiger partial charge in [0.05, 0.1) is 6.20 Å². The molecule has 4 rings (SSSR count). The van der Waals surface area contributed by atoms with Crippen LogP contribution in [0.3, 0.4) is 0 Å². The molecule has 0 atom stereocenters. The molecule has 2 aromatic rings. The zero-order valence-corrected chi connectivity index (χ0v) is 15.6. The van der Waals surface area contributed by atoms with Gasteiger partial charge in [-0.25, -0.2) is 13.8 Å². The molecule has 0 aliphatic carbocycles. The van der Waals surface area contributed by atoms with Gasteiger partial charge >= 0.3 is 0 Å². The monoisotopic (exact) mass is 377 g/mol. The second-order valence-electron chi connectivity index (χ2n) is 7.73. The highest BCUT2D eigenvalue weighted by atomic mass is 19.3. The highest BCUT2D eigenvalue weighted by Crippen LogP contribution is 2.30. The maximum Gasteiger partial charge on any atom is 0.251 e. The Balaban J connectivity index is 1.34. The number of aromatic nitrogens is 3. The number of nitrogens with zero attached hydrogens (tertiary/aromatic N) is 5. The average molecular weight is 377 g/mol. The van der Waals surface area contributed by atoms with E-state index in [4.69, 9.17) is 0 Å². The van der Waals surface area contributed by atoms with Crippen molar-refractivity contribution in [3.8, 4) is 0 Å². The summed E-state index contributed by atoms with van der Waals surface area (Å²) in [6.07, 6.45) is 3.63. The molecule has 0 unspecified atom stereocenters. The van der Waals surface area contributed by atoms with Gasteiger partial charge in [0, 0.05) is 63.3 Å². The number of fused-ring (bicyclic) bond motifs is 1. The Hall–Kier alpha value is -2.25. The molecule has 0 spiro atoms. The molecule has 2 aliphatic rings. The summed E-state index contributed by atoms with van der Waals surface area (Å²) in [6, 6.07) is 3.93. The molecular formula is C19H25F2N5O. The van der Waals surface area contributed by atoms with Crippen LogP contribution >= 0.6 is 0 Å². The van der Waals surface area contributed by atoms with Crippen molar-refractivity contribution in [2.24, 2.45) is 5.92 Å². The standard InChI is InChI=1S/C19H25F2N5O/c1-14-12-17(26-16(23-14)2-7-22-26)24-8-3-15(4-9-24)13-18(27)25-10-5-19(20,21)6-11-25/h2,7,12,15H,3-6,8-11,13H2,1H3. The van der Waals surface area contributed by atoms with Gasteiger partial charge in [-0.2, -0.15) is 9.61 Å². The minimum absolute atomic E-state index is 0.0261. The van der Waals surface area contributed by atoms with Crippen LogP contribution in [-0.4, -0.2) is 57.5 Å². The predicted octanol–water partition coefficient (Wildman–Crippen LogP) is 2.90. The van der Waals surface area contributed by atoms with Crippen LogP contribution in [0.25, 0.3) is 5.65 Å². The van der Waals surface area contributed by atoms with Gasteiger partial charge < -0.3 is 9.80 Å². The van der Waals surface area contributed by atoms with E-state index in [1.54, 1.807) is 11.1 Å². The lowest BCUT2D eigenvalue weighted by molar-refractivity contribution is -0.138. The second-order valence-corrected chi connectivity index (χ2v) is 7.73. The molecule has 0 aromatic carbocycles. The summed E-state index contributed by atoms with van der Waals surface area (Å²) in [7, 11) is 0. The summed E-state index contributed by atoms with van der Waals surface area (Å²) >= 11 is 0. The first kappa shape index (κ1) is 18.1. The van der Waals surface area contributed by atoms with Crippen LogP contribution in [0.1, 0.15) is 37.8 Å². The molecule has 27 heavy (non-hydrogen) atoms. The first-order valence-electron chi connectivity index (χ1n) is 9.63. The quantitative estimate of drug-likeness (QED) is 0.825. The van der Waals surface area contributed by atoms with Gasteiger partial charge in [0.25, 0.3) is 5.92 Å². The molecule has 2 aromatic heterocycles. The Morgan fingerprint density at radius 3 is 2.63 bits per heavy atom. The number of carbonyl (C=O) groups excluding carboxylic acids is 1. The van der Waals surface area contributed by atoms with Gasteiger partial charge in [0.2, 0.25) is 5.91 Å². The van der Waals surface area contributed by atoms with Crippen LogP contribution in [0.15, 0.2) is 18.3 Å². The largest absolute Gasteiger partial charge is 0.356 e. The molecule has 0 N–H and O–H groups in total. The zero-order chi connectivity index (χ0) is 19.0. The fourth-order valence-corrected chi connectivity index (χ4v) is 4.07. The lowest BCUT2D eigenvalue weighted by Crippen LogP contribution is -2.44. The van der Waals surface area contributed by atoms with E-state index in [-0.39, 0.29) is 31.8 Å². The zero-order valence-electron chi connectivity index (χ0n) is 15.6. The van der Waals surface area contributed by atoms with Gasteiger partial charge in [0.15, 0.2) is 5.65 Å². The van der Waals surface area contributed by atoms with Gasteiger partial charge in [-0.3, -0.25) is 4.79 Å². The maximum atomic E-state index is 13.3. The van der Waals surface area contributed by atoms with Crippen LogP contribution in [0, 0.1) is 12.8 Å². The van der Waals surface area contributed by atoms with Crippen molar-refractivity contribution in [1.29, 1.82) is 0 Å². The van der Waals surface area contributed by atoms with Crippen molar-refractivity contribution >= 4 is 17.4 Å². The molecule has 8 heteroatoms. The van der Waals surface area contributed by atoms with E-state index in [1.807, 2.05) is 23.6 Å². The van der Waals surface area contributed by atoms with E-state index in [0.29, 0.717) is 12.3 Å². The smallest absolute Gasteiger partial charge is 0.251 e. The van der Waals surface area contributed by atoms with Crippen molar-refractivity contribution in [3.63, 3.8) is 0 Å². The second kappa shape index (κ2) is 7.05. The number of aryl methyl sites for hydroxylation is 1. The molecule has 4 heterocycles. The van der Waals surface area contributed by atoms with Crippen molar-refractivity contribution in [2.45, 2.75) is 45.0 Å². The van der Waals surface area contributed by atoms with Gasteiger partial charge in [0.1, 0.15) is 5.82 Å². The summed E-state index contributed by atoms with van der Waals surface area (Å²) in [4.78, 5) is 20.8. The van der Waals surface area contributed by atoms with Crippen molar-refractivity contribution in [1.82, 2.24) is 19.5 Å². The summed E-state index contributed by atoms with van der Waals surface area (Å²) in [6.45, 7) is 4.05. The van der Waals surface area contributed by atoms with E-state index in [0.717, 1.165) is 43.1 Å². The number of hydrogen-bond acceptors (Lipinski definition) is 4. The Kier molecular flexibility index (Phi) is 4.74. The fraction of sp³-hybridized carbons (Fsp3) is 0.632. The van der Waals surface area contributed by atoms with Crippen LogP contribution in [0.2, 0.25) is 0 Å². The van der Waals surface area contributed by atoms with E-state index >= 15 is 0 Å². The minimum Gasteiger partial charge on any atom is -0.356 e. The van der Waals surface area contributed by atoms with E-state index < -0.39 is 5.92 Å². The molecule has 2 fully saturated rings. The van der Waals surface area contributed by atoms with Gasteiger partial charge in [-0.1, -0.05) is 0 Å². The third-order valence-corrected chi connectivity index (χ3v) is 5.72. The summed E-state index contributed by atoms with van der Waals surface area (Å²) in [5.41, 5.74) is 1.79. The molecule has 0 radical (unpaired) electrons. The Morgan fingerprint density at radius 2 is 1.93 bits per heavy atom. The molecule has 6 nitrogen and oxygen atoms in total. The summed E-state index contributed by atoms with van der Waals surface area (Å²) in [5, 5.41) is 4.37. The Bertz CT molecular complexity index is 819. The number of piperidine rings is 2. The molecule has 1 amide bonds. The van der Waals surface area contributed by atoms with Crippen LogP contribution in [-0.2, 0) is 4.79 Å². The SMILES string of the molecule is Cc1cc(N2CCC(CC(=O)N3CCC(F)(F)CC3)CC2)n2nccc2n1. The van der Waals surface area contributed by atoms with Crippen molar-refractivity contribution in [3.05, 3.63) is 24.0 Å². The number of anilines is 1. The van der Waals surface area contributed by atoms with E-state index in [9.17, 15) is 13.6 Å². The fourth-order valence-electron chi connectivity index (χ4n) is 4.07. The molecule has 2 saturated heterocycles. The molecule has 146 valence electrons. The average Bonchev–Trinajstić information content (AvgIpc) is 3.10. The number of likely N-dealkylation sites (tertiary alicyclic amines) is 1. The van der Waals surface area contributed by atoms with Crippen molar-refractivity contribution in [2.75, 3.05) is 31.1 Å². The number of alkyl halides is 2. The van der Waals surface area contributed by atoms with Crippen LogP contribution in [0.5, 0.6) is 0 Å². The van der Waals surface area contributed by atoms with E-state index in [1.165, 1.54) is 0 Å². The van der Waals surface area contributed by atoms with Crippen LogP contribution in [0.4, 0.5) is 14.6 Å². The summed E-state index contributed by atoms with van der Waals surface area (Å²) in [5.74, 6) is -1.24. The maximum absolute atomic E-state index is 13.3. The van der Waals surface area contributed by atoms with Gasteiger partial charge in [-0.15, -0.1) is 0 Å². The Labute approximate surface area is 157 Å². The first-order chi connectivity index (χ1) is 12.9. The van der Waals surface area contributed by atoms with Crippen LogP contribution < -0.4 is 4.90 Å². The normalized spacial score (nSPS) is 21.0. The third kappa shape index (κ3) is 3.89. The highest BCUT2D eigenvalue weighted by Gasteiger charge is 2.36. The summed E-state index contributed by atoms with van der Waals surface area (Å²) < 4.78 is 28.4. The highest BCUT2D eigenvalue weighted by molar-refractivity contribution is 5.76. The number of carbonyl (C=O) groups is 1. The minimum atomic E-state index is -2.61. The Morgan fingerprint density at radius 1 is 1.22 bits per heavy atom. The van der Waals surface area contributed by atoms with E-state index in [2.05, 4.69) is 15.0 Å². The predicted molar refractivity (Wildman–Crippen MR) is 98.0 cm³/mol. The number of hydrogen-bond donors (Lipinski definition) is 0. The lowest BCUT2D eigenvalue weighted by atomic mass is 9.92. The number of amides is 1. The molecule has 0 saturated carbocycles.